The Morgan fingerprint density at radius 2 is 0.523 bits per heavy atom. The van der Waals surface area contributed by atoms with E-state index in [1.807, 2.05) is 0 Å². The first-order valence-corrected chi connectivity index (χ1v) is 20.9. The number of rotatable bonds is 4. The van der Waals surface area contributed by atoms with Crippen LogP contribution in [0.2, 0.25) is 0 Å². The van der Waals surface area contributed by atoms with Gasteiger partial charge in [-0.25, -0.2) is 0 Å². The number of nitrogens with zero attached hydrogens (tertiary/aromatic N) is 2. The van der Waals surface area contributed by atoms with Gasteiger partial charge in [-0.05, 0) is 98.7 Å². The van der Waals surface area contributed by atoms with Crippen LogP contribution in [0.15, 0.2) is 0 Å². The molecule has 3 nitrogen and oxygen atoms in total. The molecule has 0 heterocycles. The quantitative estimate of drug-likeness (QED) is 0.256. The minimum Gasteiger partial charge on any atom is -0.336 e. The molecular weight excluding hydrogens is 534 g/mol. The Kier molecular flexibility index (Phi) is 9.58. The molecule has 0 bridgehead atoms. The molecule has 0 aliphatic heterocycles. The molecule has 0 radical (unpaired) electrons. The third-order valence-electron chi connectivity index (χ3n) is 16.1. The highest BCUT2D eigenvalue weighted by atomic mass is 15.4. The molecule has 8 rings (SSSR count). The summed E-state index contributed by atoms with van der Waals surface area (Å²) in [5.74, 6) is 8.39. The van der Waals surface area contributed by atoms with Crippen LogP contribution in [0.3, 0.4) is 0 Å². The van der Waals surface area contributed by atoms with Crippen molar-refractivity contribution in [2.24, 2.45) is 47.3 Å². The van der Waals surface area contributed by atoms with Crippen LogP contribution in [0.25, 0.3) is 0 Å². The zero-order chi connectivity index (χ0) is 29.5. The van der Waals surface area contributed by atoms with Gasteiger partial charge in [-0.15, -0.1) is 0 Å². The summed E-state index contributed by atoms with van der Waals surface area (Å²) < 4.78 is 0. The normalized spacial score (nSPS) is 46.0. The molecule has 0 aromatic heterocycles. The summed E-state index contributed by atoms with van der Waals surface area (Å²) >= 11 is 0. The van der Waals surface area contributed by atoms with Gasteiger partial charge in [0, 0.05) is 24.2 Å². The summed E-state index contributed by atoms with van der Waals surface area (Å²) in [5.41, 5.74) is 0. The van der Waals surface area contributed by atoms with E-state index in [-0.39, 0.29) is 0 Å². The van der Waals surface area contributed by atoms with E-state index in [0.29, 0.717) is 24.2 Å². The van der Waals surface area contributed by atoms with Crippen LogP contribution in [0.5, 0.6) is 0 Å². The SMILES string of the molecule is N=C(N(C1CCCC2CCCCC21)C1CCCC2CCCCC21)N(C1CCCC2CCCCC21)C1CCCC2CCCCC21. The molecule has 0 amide bonds. The van der Waals surface area contributed by atoms with E-state index in [0.717, 1.165) is 53.3 Å². The van der Waals surface area contributed by atoms with Crippen LogP contribution in [-0.4, -0.2) is 39.9 Å². The maximum Gasteiger partial charge on any atom is 0.194 e. The zero-order valence-corrected chi connectivity index (χ0v) is 28.6. The fourth-order valence-electron chi connectivity index (χ4n) is 14.3. The van der Waals surface area contributed by atoms with Crippen molar-refractivity contribution in [2.45, 2.75) is 204 Å². The van der Waals surface area contributed by atoms with Crippen molar-refractivity contribution in [3.8, 4) is 0 Å². The van der Waals surface area contributed by atoms with Crippen molar-refractivity contribution in [3.05, 3.63) is 0 Å². The van der Waals surface area contributed by atoms with E-state index < -0.39 is 0 Å². The van der Waals surface area contributed by atoms with E-state index in [1.54, 1.807) is 0 Å². The van der Waals surface area contributed by atoms with Crippen molar-refractivity contribution < 1.29 is 0 Å². The summed E-state index contributed by atoms with van der Waals surface area (Å²) in [5, 5.41) is 10.8. The van der Waals surface area contributed by atoms with E-state index in [2.05, 4.69) is 9.80 Å². The molecule has 1 N–H and O–H groups in total. The number of guanidine groups is 1. The van der Waals surface area contributed by atoms with Gasteiger partial charge in [-0.2, -0.15) is 0 Å². The topological polar surface area (TPSA) is 30.3 Å². The third kappa shape index (κ3) is 5.82. The molecule has 12 unspecified atom stereocenters. The molecule has 8 aliphatic carbocycles. The second kappa shape index (κ2) is 13.8. The molecule has 0 spiro atoms. The van der Waals surface area contributed by atoms with Crippen molar-refractivity contribution in [2.75, 3.05) is 0 Å². The van der Waals surface area contributed by atoms with E-state index in [9.17, 15) is 5.41 Å². The first kappa shape index (κ1) is 30.6. The van der Waals surface area contributed by atoms with Gasteiger partial charge >= 0.3 is 0 Å². The molecule has 8 saturated carbocycles. The van der Waals surface area contributed by atoms with Gasteiger partial charge in [0.1, 0.15) is 0 Å². The van der Waals surface area contributed by atoms with Crippen molar-refractivity contribution in [1.82, 2.24) is 9.80 Å². The van der Waals surface area contributed by atoms with Gasteiger partial charge in [-0.1, -0.05) is 128 Å². The second-order valence-corrected chi connectivity index (χ2v) is 18.0. The van der Waals surface area contributed by atoms with Crippen LogP contribution in [-0.2, 0) is 0 Å². The molecule has 12 atom stereocenters. The smallest absolute Gasteiger partial charge is 0.194 e. The summed E-state index contributed by atoms with van der Waals surface area (Å²) in [6, 6.07) is 2.63. The lowest BCUT2D eigenvalue weighted by atomic mass is 9.64. The van der Waals surface area contributed by atoms with E-state index >= 15 is 0 Å². The van der Waals surface area contributed by atoms with Crippen molar-refractivity contribution in [3.63, 3.8) is 0 Å². The van der Waals surface area contributed by atoms with E-state index in [4.69, 9.17) is 0 Å². The van der Waals surface area contributed by atoms with Gasteiger partial charge in [0.05, 0.1) is 0 Å². The fourth-order valence-corrected chi connectivity index (χ4v) is 14.3. The predicted octanol–water partition coefficient (Wildman–Crippen LogP) is 11.0. The number of hydrogen-bond donors (Lipinski definition) is 1. The Bertz CT molecular complexity index is 811. The van der Waals surface area contributed by atoms with Crippen molar-refractivity contribution in [1.29, 1.82) is 5.41 Å². The Balaban J connectivity index is 1.20. The number of hydrogen-bond acceptors (Lipinski definition) is 1. The minimum absolute atomic E-state index is 0.659. The highest BCUT2D eigenvalue weighted by Gasteiger charge is 2.51. The minimum atomic E-state index is 0.659. The van der Waals surface area contributed by atoms with Crippen LogP contribution in [0, 0.1) is 52.8 Å². The van der Waals surface area contributed by atoms with Crippen LogP contribution in [0.1, 0.15) is 180 Å². The lowest BCUT2D eigenvalue weighted by Gasteiger charge is -2.59. The molecule has 0 saturated heterocycles. The van der Waals surface area contributed by atoms with Gasteiger partial charge < -0.3 is 9.80 Å². The highest BCUT2D eigenvalue weighted by molar-refractivity contribution is 5.79. The molecule has 8 fully saturated rings. The Morgan fingerprint density at radius 1 is 0.295 bits per heavy atom. The first-order chi connectivity index (χ1) is 21.8. The summed E-state index contributed by atoms with van der Waals surface area (Å²) in [7, 11) is 0. The van der Waals surface area contributed by atoms with Crippen LogP contribution in [0.4, 0.5) is 0 Å². The zero-order valence-electron chi connectivity index (χ0n) is 28.6. The molecule has 8 aliphatic rings. The molecule has 3 heteroatoms. The molecule has 44 heavy (non-hydrogen) atoms. The van der Waals surface area contributed by atoms with Crippen molar-refractivity contribution >= 4 is 5.96 Å². The Labute approximate surface area is 271 Å². The first-order valence-electron chi connectivity index (χ1n) is 20.9. The van der Waals surface area contributed by atoms with Gasteiger partial charge in [0.2, 0.25) is 0 Å². The molecule has 0 aromatic carbocycles. The third-order valence-corrected chi connectivity index (χ3v) is 16.1. The largest absolute Gasteiger partial charge is 0.336 e. The number of fused-ring (bicyclic) bond motifs is 4. The lowest BCUT2D eigenvalue weighted by molar-refractivity contribution is -0.0323. The maximum atomic E-state index is 10.8. The molecule has 248 valence electrons. The fraction of sp³-hybridized carbons (Fsp3) is 0.976. The standard InChI is InChI=1S/C41H69N3/c42-41(43(37-25-9-17-29-13-1-5-21-33(29)37)38-26-10-18-30-14-2-6-22-34(30)38)44(39-27-11-19-31-15-3-7-23-35(31)39)40-28-12-20-32-16-4-8-24-36(32)40/h29-40,42H,1-28H2. The summed E-state index contributed by atoms with van der Waals surface area (Å²) in [6.45, 7) is 0. The van der Waals surface area contributed by atoms with Gasteiger partial charge in [0.15, 0.2) is 5.96 Å². The van der Waals surface area contributed by atoms with Gasteiger partial charge in [0.25, 0.3) is 0 Å². The predicted molar refractivity (Wildman–Crippen MR) is 184 cm³/mol. The monoisotopic (exact) mass is 604 g/mol. The van der Waals surface area contributed by atoms with Gasteiger partial charge in [-0.3, -0.25) is 5.41 Å². The molecule has 0 aromatic rings. The Morgan fingerprint density at radius 3 is 0.795 bits per heavy atom. The lowest BCUT2D eigenvalue weighted by Crippen LogP contribution is -2.66. The van der Waals surface area contributed by atoms with Crippen LogP contribution < -0.4 is 0 Å². The summed E-state index contributed by atoms with van der Waals surface area (Å²) in [6.07, 6.45) is 40.7. The Hall–Kier alpha value is -0.730. The van der Waals surface area contributed by atoms with E-state index in [1.165, 1.54) is 180 Å². The van der Waals surface area contributed by atoms with Crippen LogP contribution >= 0.6 is 0 Å². The number of nitrogens with one attached hydrogen (secondary N) is 1. The molecular formula is C41H69N3. The maximum absolute atomic E-state index is 10.8. The summed E-state index contributed by atoms with van der Waals surface area (Å²) in [4.78, 5) is 6.09. The average molecular weight is 604 g/mol. The second-order valence-electron chi connectivity index (χ2n) is 18.0. The average Bonchev–Trinajstić information content (AvgIpc) is 3.09. The highest BCUT2D eigenvalue weighted by Crippen LogP contribution is 2.51.